The van der Waals surface area contributed by atoms with Crippen molar-refractivity contribution in [3.8, 4) is 0 Å². The molecule has 1 aromatic heterocycles. The first kappa shape index (κ1) is 21.5. The molecule has 0 fully saturated rings. The molecule has 5 heteroatoms. The van der Waals surface area contributed by atoms with E-state index in [-0.39, 0.29) is 5.60 Å². The lowest BCUT2D eigenvalue weighted by molar-refractivity contribution is -0.0549. The Bertz CT molecular complexity index is 363. The van der Waals surface area contributed by atoms with Crippen LogP contribution in [0.25, 0.3) is 0 Å². The third kappa shape index (κ3) is 9.54. The molecule has 0 aliphatic rings. The zero-order valence-corrected chi connectivity index (χ0v) is 15.8. The summed E-state index contributed by atoms with van der Waals surface area (Å²) in [6.07, 6.45) is 0. The molecule has 0 bridgehead atoms. The number of thiophene rings is 1. The molecule has 130 valence electrons. The Morgan fingerprint density at radius 3 is 1.95 bits per heavy atom. The lowest BCUT2D eigenvalue weighted by Gasteiger charge is -2.24. The fraction of sp³-hybridized carbons (Fsp3) is 0.765. The van der Waals surface area contributed by atoms with E-state index in [0.717, 1.165) is 0 Å². The fourth-order valence-electron chi connectivity index (χ4n) is 1.65. The molecule has 4 nitrogen and oxygen atoms in total. The van der Waals surface area contributed by atoms with Crippen LogP contribution in [0.4, 0.5) is 0 Å². The van der Waals surface area contributed by atoms with Crippen molar-refractivity contribution >= 4 is 11.3 Å². The van der Waals surface area contributed by atoms with Crippen LogP contribution in [0.2, 0.25) is 0 Å². The second-order valence-corrected chi connectivity index (χ2v) is 6.27. The van der Waals surface area contributed by atoms with Crippen LogP contribution in [0.1, 0.15) is 37.4 Å². The summed E-state index contributed by atoms with van der Waals surface area (Å²) in [6, 6.07) is 4.25. The van der Waals surface area contributed by atoms with Gasteiger partial charge in [0.1, 0.15) is 0 Å². The molecule has 0 N–H and O–H groups in total. The summed E-state index contributed by atoms with van der Waals surface area (Å²) in [5, 5.41) is 0. The van der Waals surface area contributed by atoms with Gasteiger partial charge in [-0.15, -0.1) is 11.3 Å². The number of rotatable bonds is 11. The molecule has 1 aromatic rings. The van der Waals surface area contributed by atoms with Gasteiger partial charge in [0.15, 0.2) is 0 Å². The predicted molar refractivity (Wildman–Crippen MR) is 92.9 cm³/mol. The SMILES string of the molecule is CC.COCCOCCOCCOC(C)(C)c1ccc(C)s1. The van der Waals surface area contributed by atoms with E-state index in [1.54, 1.807) is 18.4 Å². The van der Waals surface area contributed by atoms with Crippen LogP contribution in [-0.4, -0.2) is 46.8 Å². The van der Waals surface area contributed by atoms with Crippen LogP contribution in [0.5, 0.6) is 0 Å². The Labute approximate surface area is 139 Å². The molecule has 0 saturated heterocycles. The van der Waals surface area contributed by atoms with Gasteiger partial charge in [-0.3, -0.25) is 0 Å². The summed E-state index contributed by atoms with van der Waals surface area (Å²) >= 11 is 1.78. The molecule has 0 radical (unpaired) electrons. The number of hydrogen-bond donors (Lipinski definition) is 0. The highest BCUT2D eigenvalue weighted by molar-refractivity contribution is 7.12. The zero-order chi connectivity index (χ0) is 16.8. The Morgan fingerprint density at radius 1 is 0.909 bits per heavy atom. The van der Waals surface area contributed by atoms with Crippen LogP contribution in [0, 0.1) is 6.92 Å². The van der Waals surface area contributed by atoms with Gasteiger partial charge in [0.2, 0.25) is 0 Å². The van der Waals surface area contributed by atoms with Gasteiger partial charge >= 0.3 is 0 Å². The van der Waals surface area contributed by atoms with E-state index in [1.807, 2.05) is 13.8 Å². The van der Waals surface area contributed by atoms with E-state index in [0.29, 0.717) is 39.6 Å². The summed E-state index contributed by atoms with van der Waals surface area (Å²) in [4.78, 5) is 2.55. The monoisotopic (exact) mass is 332 g/mol. The molecule has 0 aliphatic carbocycles. The molecule has 1 heterocycles. The minimum atomic E-state index is -0.253. The fourth-order valence-corrected chi connectivity index (χ4v) is 2.57. The molecular weight excluding hydrogens is 300 g/mol. The maximum absolute atomic E-state index is 5.90. The number of aryl methyl sites for hydroxylation is 1. The van der Waals surface area contributed by atoms with Gasteiger partial charge in [0, 0.05) is 16.9 Å². The predicted octanol–water partition coefficient (Wildman–Crippen LogP) is 4.01. The topological polar surface area (TPSA) is 36.9 Å². The molecule has 0 aliphatic heterocycles. The molecular formula is C17H32O4S. The van der Waals surface area contributed by atoms with Crippen LogP contribution >= 0.6 is 11.3 Å². The number of methoxy groups -OCH3 is 1. The van der Waals surface area contributed by atoms with Crippen molar-refractivity contribution in [3.05, 3.63) is 21.9 Å². The Morgan fingerprint density at radius 2 is 1.45 bits per heavy atom. The lowest BCUT2D eigenvalue weighted by Crippen LogP contribution is -2.23. The Hall–Kier alpha value is -0.460. The van der Waals surface area contributed by atoms with Gasteiger partial charge in [0.25, 0.3) is 0 Å². The van der Waals surface area contributed by atoms with Crippen molar-refractivity contribution in [1.82, 2.24) is 0 Å². The van der Waals surface area contributed by atoms with E-state index in [2.05, 4.69) is 32.9 Å². The van der Waals surface area contributed by atoms with Crippen LogP contribution in [-0.2, 0) is 24.5 Å². The molecule has 22 heavy (non-hydrogen) atoms. The van der Waals surface area contributed by atoms with E-state index in [9.17, 15) is 0 Å². The second-order valence-electron chi connectivity index (χ2n) is 4.99. The molecule has 0 unspecified atom stereocenters. The van der Waals surface area contributed by atoms with Crippen molar-refractivity contribution in [2.24, 2.45) is 0 Å². The summed E-state index contributed by atoms with van der Waals surface area (Å²) in [6.45, 7) is 13.9. The zero-order valence-electron chi connectivity index (χ0n) is 14.9. The maximum Gasteiger partial charge on any atom is 0.0967 e. The Balaban J connectivity index is 0.00000211. The first-order valence-electron chi connectivity index (χ1n) is 7.91. The second kappa shape index (κ2) is 13.0. The average Bonchev–Trinajstić information content (AvgIpc) is 2.95. The lowest BCUT2D eigenvalue weighted by atomic mass is 10.1. The normalized spacial score (nSPS) is 11.2. The van der Waals surface area contributed by atoms with Gasteiger partial charge < -0.3 is 18.9 Å². The van der Waals surface area contributed by atoms with Crippen molar-refractivity contribution in [3.63, 3.8) is 0 Å². The molecule has 1 rings (SSSR count). The molecule has 0 spiro atoms. The van der Waals surface area contributed by atoms with Crippen LogP contribution in [0.15, 0.2) is 12.1 Å². The Kier molecular flexibility index (Phi) is 12.8. The summed E-state index contributed by atoms with van der Waals surface area (Å²) in [7, 11) is 1.66. The number of hydrogen-bond acceptors (Lipinski definition) is 5. The number of ether oxygens (including phenoxy) is 4. The van der Waals surface area contributed by atoms with Crippen molar-refractivity contribution < 1.29 is 18.9 Å². The maximum atomic E-state index is 5.90. The summed E-state index contributed by atoms with van der Waals surface area (Å²) < 4.78 is 21.5. The first-order chi connectivity index (χ1) is 10.6. The average molecular weight is 333 g/mol. The highest BCUT2D eigenvalue weighted by Crippen LogP contribution is 2.30. The minimum Gasteiger partial charge on any atom is -0.382 e. The van der Waals surface area contributed by atoms with Crippen LogP contribution < -0.4 is 0 Å². The van der Waals surface area contributed by atoms with Crippen molar-refractivity contribution in [1.29, 1.82) is 0 Å². The highest BCUT2D eigenvalue weighted by atomic mass is 32.1. The largest absolute Gasteiger partial charge is 0.382 e. The smallest absolute Gasteiger partial charge is 0.0967 e. The van der Waals surface area contributed by atoms with E-state index < -0.39 is 0 Å². The summed E-state index contributed by atoms with van der Waals surface area (Å²) in [5.74, 6) is 0. The minimum absolute atomic E-state index is 0.253. The molecule has 0 saturated carbocycles. The van der Waals surface area contributed by atoms with E-state index >= 15 is 0 Å². The van der Waals surface area contributed by atoms with Crippen LogP contribution in [0.3, 0.4) is 0 Å². The third-order valence-corrected chi connectivity index (χ3v) is 4.13. The summed E-state index contributed by atoms with van der Waals surface area (Å²) in [5.41, 5.74) is -0.253. The van der Waals surface area contributed by atoms with Gasteiger partial charge in [-0.25, -0.2) is 0 Å². The molecule has 0 amide bonds. The van der Waals surface area contributed by atoms with Crippen molar-refractivity contribution in [2.75, 3.05) is 46.8 Å². The van der Waals surface area contributed by atoms with Gasteiger partial charge in [-0.2, -0.15) is 0 Å². The van der Waals surface area contributed by atoms with Gasteiger partial charge in [-0.1, -0.05) is 13.8 Å². The third-order valence-electron chi connectivity index (χ3n) is 2.83. The molecule has 0 aromatic carbocycles. The molecule has 0 atom stereocenters. The van der Waals surface area contributed by atoms with E-state index in [4.69, 9.17) is 18.9 Å². The highest BCUT2D eigenvalue weighted by Gasteiger charge is 2.22. The first-order valence-corrected chi connectivity index (χ1v) is 8.73. The van der Waals surface area contributed by atoms with Gasteiger partial charge in [-0.05, 0) is 32.9 Å². The quantitative estimate of drug-likeness (QED) is 0.574. The van der Waals surface area contributed by atoms with Gasteiger partial charge in [0.05, 0.1) is 45.2 Å². The standard InChI is InChI=1S/C15H26O4S.C2H6/c1-13-5-6-14(20-13)15(2,3)19-12-11-18-10-9-17-8-7-16-4;1-2/h5-6H,7-12H2,1-4H3;1-2H3. The van der Waals surface area contributed by atoms with E-state index in [1.165, 1.54) is 9.75 Å². The van der Waals surface area contributed by atoms with Crippen molar-refractivity contribution in [2.45, 2.75) is 40.2 Å².